The largest absolute Gasteiger partial charge is 0.491 e. The first-order chi connectivity index (χ1) is 13.6. The predicted molar refractivity (Wildman–Crippen MR) is 102 cm³/mol. The van der Waals surface area contributed by atoms with Crippen LogP contribution >= 0.6 is 11.6 Å². The Hall–Kier alpha value is -2.74. The summed E-state index contributed by atoms with van der Waals surface area (Å²) >= 11 is 5.92. The molecule has 156 valence electrons. The van der Waals surface area contributed by atoms with Gasteiger partial charge in [-0.15, -0.1) is 0 Å². The van der Waals surface area contributed by atoms with Gasteiger partial charge in [0, 0.05) is 23.9 Å². The van der Waals surface area contributed by atoms with Gasteiger partial charge in [-0.25, -0.2) is 9.78 Å². The summed E-state index contributed by atoms with van der Waals surface area (Å²) < 4.78 is 54.5. The summed E-state index contributed by atoms with van der Waals surface area (Å²) in [6.07, 6.45) is -1.41. The van der Waals surface area contributed by atoms with Gasteiger partial charge in [0.15, 0.2) is 0 Å². The summed E-state index contributed by atoms with van der Waals surface area (Å²) in [6, 6.07) is 5.55. The number of benzene rings is 1. The minimum atomic E-state index is -4.58. The van der Waals surface area contributed by atoms with Crippen LogP contribution in [0.2, 0.25) is 5.02 Å². The molecule has 0 spiro atoms. The number of pyridine rings is 1. The van der Waals surface area contributed by atoms with Crippen molar-refractivity contribution in [3.63, 3.8) is 0 Å². The van der Waals surface area contributed by atoms with E-state index in [1.807, 2.05) is 13.8 Å². The standard InChI is InChI=1S/C20H19ClF3NO4/c1-4-27-18(26)8-6-13-5-7-15(28-12(2)3)10-17(13)29-19-16(21)9-14(11-25-19)20(22,23)24/h5-12H,4H2,1-3H3/b8-6+. The van der Waals surface area contributed by atoms with Crippen LogP contribution in [0, 0.1) is 0 Å². The SMILES string of the molecule is CCOC(=O)/C=C/c1ccc(OC(C)C)cc1Oc1ncc(C(F)(F)F)cc1Cl. The smallest absolute Gasteiger partial charge is 0.417 e. The van der Waals surface area contributed by atoms with Crippen LogP contribution in [0.5, 0.6) is 17.4 Å². The number of hydrogen-bond donors (Lipinski definition) is 0. The number of rotatable bonds is 7. The van der Waals surface area contributed by atoms with Crippen LogP contribution in [-0.2, 0) is 15.7 Å². The van der Waals surface area contributed by atoms with E-state index in [2.05, 4.69) is 4.98 Å². The molecule has 0 radical (unpaired) electrons. The topological polar surface area (TPSA) is 57.7 Å². The normalized spacial score (nSPS) is 11.7. The molecule has 5 nitrogen and oxygen atoms in total. The van der Waals surface area contributed by atoms with E-state index >= 15 is 0 Å². The first-order valence-corrected chi connectivity index (χ1v) is 9.04. The molecule has 0 bridgehead atoms. The number of halogens is 4. The van der Waals surface area contributed by atoms with Crippen molar-refractivity contribution in [3.8, 4) is 17.4 Å². The molecule has 29 heavy (non-hydrogen) atoms. The van der Waals surface area contributed by atoms with Gasteiger partial charge in [-0.3, -0.25) is 0 Å². The van der Waals surface area contributed by atoms with Crippen molar-refractivity contribution in [1.29, 1.82) is 0 Å². The summed E-state index contributed by atoms with van der Waals surface area (Å²) in [6.45, 7) is 5.57. The fourth-order valence-electron chi connectivity index (χ4n) is 2.19. The van der Waals surface area contributed by atoms with E-state index in [-0.39, 0.29) is 29.4 Å². The highest BCUT2D eigenvalue weighted by Crippen LogP contribution is 2.36. The summed E-state index contributed by atoms with van der Waals surface area (Å²) in [7, 11) is 0. The Labute approximate surface area is 171 Å². The number of esters is 1. The average molecular weight is 430 g/mol. The molecule has 0 fully saturated rings. The van der Waals surface area contributed by atoms with Crippen molar-refractivity contribution in [2.75, 3.05) is 6.61 Å². The second-order valence-electron chi connectivity index (χ2n) is 6.06. The molecule has 2 aromatic rings. The van der Waals surface area contributed by atoms with Crippen LogP contribution in [0.25, 0.3) is 6.08 Å². The molecule has 0 unspecified atom stereocenters. The van der Waals surface area contributed by atoms with E-state index in [1.54, 1.807) is 19.1 Å². The Kier molecular flexibility index (Phi) is 7.50. The molecule has 0 saturated heterocycles. The highest BCUT2D eigenvalue weighted by atomic mass is 35.5. The van der Waals surface area contributed by atoms with Gasteiger partial charge in [0.1, 0.15) is 16.5 Å². The lowest BCUT2D eigenvalue weighted by Gasteiger charge is -2.14. The van der Waals surface area contributed by atoms with Crippen molar-refractivity contribution in [2.24, 2.45) is 0 Å². The monoisotopic (exact) mass is 429 g/mol. The maximum absolute atomic E-state index is 12.8. The van der Waals surface area contributed by atoms with E-state index < -0.39 is 17.7 Å². The molecule has 0 N–H and O–H groups in total. The predicted octanol–water partition coefficient (Wildman–Crippen LogP) is 5.91. The second kappa shape index (κ2) is 9.65. The molecule has 1 aromatic carbocycles. The number of ether oxygens (including phenoxy) is 3. The van der Waals surface area contributed by atoms with E-state index in [0.717, 1.165) is 6.07 Å². The van der Waals surface area contributed by atoms with Crippen LogP contribution < -0.4 is 9.47 Å². The van der Waals surface area contributed by atoms with Crippen LogP contribution in [-0.4, -0.2) is 23.7 Å². The molecule has 0 atom stereocenters. The van der Waals surface area contributed by atoms with Gasteiger partial charge in [-0.2, -0.15) is 13.2 Å². The summed E-state index contributed by atoms with van der Waals surface area (Å²) in [5, 5.41) is -0.310. The first-order valence-electron chi connectivity index (χ1n) is 8.66. The lowest BCUT2D eigenvalue weighted by atomic mass is 10.1. The third-order valence-electron chi connectivity index (χ3n) is 3.38. The fraction of sp³-hybridized carbons (Fsp3) is 0.300. The third-order valence-corrected chi connectivity index (χ3v) is 3.65. The average Bonchev–Trinajstić information content (AvgIpc) is 2.61. The van der Waals surface area contributed by atoms with E-state index in [1.165, 1.54) is 18.2 Å². The lowest BCUT2D eigenvalue weighted by molar-refractivity contribution is -0.138. The van der Waals surface area contributed by atoms with Gasteiger partial charge in [-0.1, -0.05) is 11.6 Å². The molecule has 2 rings (SSSR count). The zero-order valence-electron chi connectivity index (χ0n) is 15.9. The van der Waals surface area contributed by atoms with Gasteiger partial charge >= 0.3 is 12.1 Å². The van der Waals surface area contributed by atoms with Gasteiger partial charge < -0.3 is 14.2 Å². The summed E-state index contributed by atoms with van der Waals surface area (Å²) in [5.41, 5.74) is -0.541. The number of carbonyl (C=O) groups is 1. The van der Waals surface area contributed by atoms with Gasteiger partial charge in [0.2, 0.25) is 5.88 Å². The zero-order chi connectivity index (χ0) is 21.6. The zero-order valence-corrected chi connectivity index (χ0v) is 16.7. The van der Waals surface area contributed by atoms with Crippen LogP contribution in [0.4, 0.5) is 13.2 Å². The first kappa shape index (κ1) is 22.5. The minimum Gasteiger partial charge on any atom is -0.491 e. The maximum Gasteiger partial charge on any atom is 0.417 e. The van der Waals surface area contributed by atoms with Gasteiger partial charge in [0.05, 0.1) is 18.3 Å². The molecule has 0 amide bonds. The van der Waals surface area contributed by atoms with Crippen LogP contribution in [0.3, 0.4) is 0 Å². The molecular weight excluding hydrogens is 411 g/mol. The van der Waals surface area contributed by atoms with Gasteiger partial charge in [0.25, 0.3) is 0 Å². The number of carbonyl (C=O) groups excluding carboxylic acids is 1. The molecule has 1 heterocycles. The number of hydrogen-bond acceptors (Lipinski definition) is 5. The van der Waals surface area contributed by atoms with Crippen molar-refractivity contribution in [2.45, 2.75) is 33.1 Å². The molecule has 9 heteroatoms. The van der Waals surface area contributed by atoms with Crippen molar-refractivity contribution in [1.82, 2.24) is 4.98 Å². The fourth-order valence-corrected chi connectivity index (χ4v) is 2.40. The van der Waals surface area contributed by atoms with Crippen molar-refractivity contribution in [3.05, 3.63) is 52.7 Å². The Balaban J connectivity index is 2.38. The number of aromatic nitrogens is 1. The molecule has 1 aromatic heterocycles. The highest BCUT2D eigenvalue weighted by molar-refractivity contribution is 6.31. The molecule has 0 aliphatic rings. The lowest BCUT2D eigenvalue weighted by Crippen LogP contribution is -2.06. The molecule has 0 aliphatic carbocycles. The van der Waals surface area contributed by atoms with Crippen LogP contribution in [0.15, 0.2) is 36.5 Å². The van der Waals surface area contributed by atoms with Crippen molar-refractivity contribution < 1.29 is 32.2 Å². The van der Waals surface area contributed by atoms with Crippen molar-refractivity contribution >= 4 is 23.6 Å². The van der Waals surface area contributed by atoms with E-state index in [4.69, 9.17) is 25.8 Å². The Morgan fingerprint density at radius 3 is 2.59 bits per heavy atom. The van der Waals surface area contributed by atoms with Crippen LogP contribution in [0.1, 0.15) is 31.9 Å². The van der Waals surface area contributed by atoms with E-state index in [0.29, 0.717) is 17.5 Å². The summed E-state index contributed by atoms with van der Waals surface area (Å²) in [5.74, 6) is -0.108. The molecule has 0 aliphatic heterocycles. The molecule has 0 saturated carbocycles. The molecular formula is C20H19ClF3NO4. The minimum absolute atomic E-state index is 0.114. The van der Waals surface area contributed by atoms with E-state index in [9.17, 15) is 18.0 Å². The Bertz CT molecular complexity index is 898. The Morgan fingerprint density at radius 2 is 2.00 bits per heavy atom. The quantitative estimate of drug-likeness (QED) is 0.404. The summed E-state index contributed by atoms with van der Waals surface area (Å²) in [4.78, 5) is 15.2. The second-order valence-corrected chi connectivity index (χ2v) is 6.47. The van der Waals surface area contributed by atoms with Gasteiger partial charge in [-0.05, 0) is 45.0 Å². The Morgan fingerprint density at radius 1 is 1.28 bits per heavy atom. The number of alkyl halides is 3. The maximum atomic E-state index is 12.8. The highest BCUT2D eigenvalue weighted by Gasteiger charge is 2.31. The third kappa shape index (κ3) is 6.67. The number of nitrogens with zero attached hydrogens (tertiary/aromatic N) is 1.